The number of hydrogen-bond donors (Lipinski definition) is 11. The third kappa shape index (κ3) is 18.4. The average Bonchev–Trinajstić information content (AvgIpc) is 1.63. The van der Waals surface area contributed by atoms with Crippen LogP contribution in [0.15, 0.2) is 245 Å². The monoisotopic (exact) mass is 1920 g/mol. The Labute approximate surface area is 817 Å². The van der Waals surface area contributed by atoms with Crippen LogP contribution in [0.4, 0.5) is 17.1 Å². The molecule has 20 aromatic heterocycles. The Morgan fingerprint density at radius 3 is 0.979 bits per heavy atom. The minimum Gasteiger partial charge on any atom is -0.376 e. The molecule has 692 valence electrons. The summed E-state index contributed by atoms with van der Waals surface area (Å²) >= 11 is 6.93. The van der Waals surface area contributed by atoms with Crippen molar-refractivity contribution in [1.82, 2.24) is 126 Å². The molecule has 2 amide bonds. The van der Waals surface area contributed by atoms with Crippen LogP contribution in [0.25, 0.3) is 220 Å². The van der Waals surface area contributed by atoms with Crippen LogP contribution in [-0.4, -0.2) is 153 Å². The number of aromatic nitrogens is 24. The van der Waals surface area contributed by atoms with E-state index in [-0.39, 0.29) is 17.7 Å². The first-order valence-corrected chi connectivity index (χ1v) is 48.6. The maximum Gasteiger partial charge on any atom is 0.229 e. The second-order valence-electron chi connectivity index (χ2n) is 35.6. The molecule has 24 aromatic rings. The number of fused-ring (bicyclic) bond motifs is 8. The summed E-state index contributed by atoms with van der Waals surface area (Å²) in [6, 6.07) is 49.8. The van der Waals surface area contributed by atoms with Gasteiger partial charge in [0.05, 0.1) is 105 Å². The zero-order valence-electron chi connectivity index (χ0n) is 78.1. The molecule has 34 heteroatoms. The van der Waals surface area contributed by atoms with Crippen molar-refractivity contribution in [1.29, 1.82) is 0 Å². The number of aromatic amines is 8. The molecule has 0 atom stereocenters. The summed E-state index contributed by atoms with van der Waals surface area (Å²) in [4.78, 5) is 105. The molecule has 0 saturated carbocycles. The molecule has 0 aliphatic heterocycles. The van der Waals surface area contributed by atoms with E-state index in [0.717, 1.165) is 233 Å². The number of imidazole rings is 4. The minimum absolute atomic E-state index is 0.0435. The van der Waals surface area contributed by atoms with Gasteiger partial charge in [-0.3, -0.25) is 69.9 Å². The third-order valence-corrected chi connectivity index (χ3v) is 28.0. The van der Waals surface area contributed by atoms with Crippen molar-refractivity contribution >= 4 is 162 Å². The molecule has 140 heavy (non-hydrogen) atoms. The van der Waals surface area contributed by atoms with Gasteiger partial charge in [-0.25, -0.2) is 19.9 Å². The van der Waals surface area contributed by atoms with Gasteiger partial charge in [0.25, 0.3) is 0 Å². The van der Waals surface area contributed by atoms with E-state index in [9.17, 15) is 9.59 Å². The van der Waals surface area contributed by atoms with Crippen LogP contribution in [-0.2, 0) is 16.1 Å². The van der Waals surface area contributed by atoms with Crippen LogP contribution in [0, 0.1) is 39.0 Å². The molecule has 0 radical (unpaired) electrons. The highest BCUT2D eigenvalue weighted by Gasteiger charge is 2.26. The molecule has 0 fully saturated rings. The summed E-state index contributed by atoms with van der Waals surface area (Å²) in [6.07, 6.45) is 29.1. The van der Waals surface area contributed by atoms with Crippen LogP contribution in [0.5, 0.6) is 0 Å². The van der Waals surface area contributed by atoms with Crippen LogP contribution < -0.4 is 20.9 Å². The maximum atomic E-state index is 12.4. The van der Waals surface area contributed by atoms with Crippen LogP contribution in [0.3, 0.4) is 0 Å². The molecule has 24 rings (SSSR count). The topological polar surface area (TPSA) is 406 Å². The van der Waals surface area contributed by atoms with E-state index in [4.69, 9.17) is 19.9 Å². The van der Waals surface area contributed by atoms with E-state index >= 15 is 0 Å². The average molecular weight is 1920 g/mol. The van der Waals surface area contributed by atoms with Crippen molar-refractivity contribution < 1.29 is 9.59 Å². The van der Waals surface area contributed by atoms with Gasteiger partial charge in [-0.15, -0.1) is 45.3 Å². The summed E-state index contributed by atoms with van der Waals surface area (Å²) < 4.78 is 0. The lowest BCUT2D eigenvalue weighted by Gasteiger charge is -2.17. The first-order chi connectivity index (χ1) is 68.0. The Kier molecular flexibility index (Phi) is 24.2. The van der Waals surface area contributed by atoms with Crippen molar-refractivity contribution in [3.8, 4) is 132 Å². The summed E-state index contributed by atoms with van der Waals surface area (Å²) in [5, 5.41) is 44.0. The van der Waals surface area contributed by atoms with Gasteiger partial charge in [0.2, 0.25) is 11.8 Å². The molecular weight excluding hydrogens is 1830 g/mol. The number of pyridine rings is 8. The van der Waals surface area contributed by atoms with E-state index in [1.807, 2.05) is 158 Å². The number of thiophene rings is 4. The van der Waals surface area contributed by atoms with Gasteiger partial charge < -0.3 is 40.8 Å². The number of amides is 2. The molecule has 4 aromatic carbocycles. The Balaban J connectivity index is 0.000000111. The van der Waals surface area contributed by atoms with Gasteiger partial charge in [-0.1, -0.05) is 65.8 Å². The summed E-state index contributed by atoms with van der Waals surface area (Å²) in [5.74, 6) is 2.57. The summed E-state index contributed by atoms with van der Waals surface area (Å²) in [7, 11) is 4.03. The van der Waals surface area contributed by atoms with Gasteiger partial charge >= 0.3 is 0 Å². The fourth-order valence-electron chi connectivity index (χ4n) is 16.5. The summed E-state index contributed by atoms with van der Waals surface area (Å²) in [5.41, 5.74) is 28.9. The summed E-state index contributed by atoms with van der Waals surface area (Å²) in [6.45, 7) is 21.6. The van der Waals surface area contributed by atoms with Crippen LogP contribution >= 0.6 is 45.3 Å². The van der Waals surface area contributed by atoms with Gasteiger partial charge in [-0.05, 0) is 183 Å². The highest BCUT2D eigenvalue weighted by atomic mass is 32.1. The molecule has 0 aliphatic rings. The number of carbonyl (C=O) groups excluding carboxylic acids is 2. The molecular formula is C106H92N28O2S4. The smallest absolute Gasteiger partial charge is 0.229 e. The quantitative estimate of drug-likeness (QED) is 0.0358. The van der Waals surface area contributed by atoms with E-state index < -0.39 is 5.41 Å². The highest BCUT2D eigenvalue weighted by molar-refractivity contribution is 7.16. The van der Waals surface area contributed by atoms with Gasteiger partial charge in [0.15, 0.2) is 23.3 Å². The molecule has 0 aliphatic carbocycles. The fraction of sp³-hybridized carbons (Fsp3) is 0.151. The Hall–Kier alpha value is -16.7. The lowest BCUT2D eigenvalue weighted by atomic mass is 9.95. The number of anilines is 3. The van der Waals surface area contributed by atoms with Crippen molar-refractivity contribution in [2.45, 2.75) is 75.8 Å². The minimum atomic E-state index is -0.495. The predicted octanol–water partition coefficient (Wildman–Crippen LogP) is 24.2. The van der Waals surface area contributed by atoms with Gasteiger partial charge in [-0.2, -0.15) is 20.4 Å². The number of rotatable bonds is 19. The SMILES string of the molecule is CCNCc1cncc(-c2ccc3[nH]nc(-c4nc5c(-c6ccc(C)s6)cncc5[nH]4)c3c2)c1.Cc1ccc(-c2cncc3[nH]c(-c4n[nH]c5ccc(-c6cncc(N(C)C)c6)cc45)nc23)s1.Cc1ccc(-c2cncc3[nH]c(-c4n[nH]c5ccc(-c6cncc(NC(=O)C(C)(C)C)c6)cc45)nc23)s1.Cc1ccc(-c2cncc3[nH]c(-c4n[nH]c5ccc(-c6cncc(NC(=O)C(C)C)c6)cc45)nc23)s1. The number of aryl methyl sites for hydroxylation is 4. The molecule has 20 heterocycles. The first-order valence-electron chi connectivity index (χ1n) is 45.4. The molecule has 0 spiro atoms. The second-order valence-corrected chi connectivity index (χ2v) is 40.8. The number of hydrogen-bond acceptors (Lipinski definition) is 24. The molecule has 0 saturated heterocycles. The van der Waals surface area contributed by atoms with Gasteiger partial charge in [0.1, 0.15) is 44.8 Å². The molecule has 0 bridgehead atoms. The zero-order valence-corrected chi connectivity index (χ0v) is 81.4. The Bertz CT molecular complexity index is 8800. The highest BCUT2D eigenvalue weighted by Crippen LogP contribution is 2.43. The first kappa shape index (κ1) is 89.8. The standard InChI is InChI=1S/C28H25N7OS.C27H23N7OS.C26H23N7S.C25H21N7S/c1-15-5-8-23(37-15)20-13-30-14-22-24(20)33-26(32-22)25-19-10-16(6-7-21(19)34-35-25)17-9-18(12-29-11-17)31-27(36)28(2,3)4;1-14(2)27(35)30-18-8-17(10-28-11-18)16-5-6-21-19(9-16)25(34-33-21)26-31-22-13-29-12-20(24(22)32-26)23-7-4-15(3)36-23;1-3-27-10-16-8-18(12-28-11-16)17-5-6-21-19(9-17)25(33-32-21)26-30-22-14-29-13-20(24(22)31-26)23-7-4-15(2)34-23;1-14-4-7-22(33-14)19-12-27-13-21-23(19)29-25(28-21)24-18-9-15(5-6-20(18)30-31-24)16-8-17(32(2)3)11-26-10-16/h5-14H,1-4H3,(H,31,36)(H,32,33)(H,34,35);4-14H,1-3H3,(H,30,35)(H,31,32)(H,33,34);4-9,11-14,27H,3,10H2,1-2H3,(H,30,31)(H,32,33);4-13H,1-3H3,(H,28,29)(H,30,31). The van der Waals surface area contributed by atoms with Crippen molar-refractivity contribution in [2.24, 2.45) is 11.3 Å². The van der Waals surface area contributed by atoms with Crippen molar-refractivity contribution in [2.75, 3.05) is 36.2 Å². The number of nitrogens with zero attached hydrogens (tertiary/aromatic N) is 17. The number of benzene rings is 4. The van der Waals surface area contributed by atoms with Crippen LogP contribution in [0.2, 0.25) is 0 Å². The molecule has 11 N–H and O–H groups in total. The fourth-order valence-corrected chi connectivity index (χ4v) is 20.0. The van der Waals surface area contributed by atoms with Gasteiger partial charge in [0, 0.05) is 193 Å². The van der Waals surface area contributed by atoms with Crippen molar-refractivity contribution in [3.05, 3.63) is 270 Å². The number of nitrogens with one attached hydrogen (secondary N) is 11. The Morgan fingerprint density at radius 2 is 0.664 bits per heavy atom. The van der Waals surface area contributed by atoms with E-state index in [1.54, 1.807) is 82.5 Å². The zero-order chi connectivity index (χ0) is 96.1. The van der Waals surface area contributed by atoms with E-state index in [2.05, 4.69) is 254 Å². The number of carbonyl (C=O) groups is 2. The largest absolute Gasteiger partial charge is 0.376 e. The second kappa shape index (κ2) is 37.8. The van der Waals surface area contributed by atoms with E-state index in [1.165, 1.54) is 19.5 Å². The molecule has 0 unspecified atom stereocenters. The predicted molar refractivity (Wildman–Crippen MR) is 564 cm³/mol. The maximum absolute atomic E-state index is 12.4. The van der Waals surface area contributed by atoms with Crippen molar-refractivity contribution in [3.63, 3.8) is 0 Å². The molecule has 30 nitrogen and oxygen atoms in total. The third-order valence-electron chi connectivity index (χ3n) is 23.9. The lowest BCUT2D eigenvalue weighted by molar-refractivity contribution is -0.123. The van der Waals surface area contributed by atoms with Crippen LogP contribution in [0.1, 0.15) is 66.6 Å². The number of H-pyrrole nitrogens is 8. The lowest BCUT2D eigenvalue weighted by Crippen LogP contribution is -2.27. The van der Waals surface area contributed by atoms with E-state index in [0.29, 0.717) is 23.0 Å². The normalized spacial score (nSPS) is 11.6. The Morgan fingerprint density at radius 1 is 0.350 bits per heavy atom.